The Bertz CT molecular complexity index is 554. The number of nitrogens with zero attached hydrogens (tertiary/aromatic N) is 1. The van der Waals surface area contributed by atoms with Crippen LogP contribution < -0.4 is 0 Å². The molecule has 0 radical (unpaired) electrons. The molecule has 0 spiro atoms. The molecule has 1 aromatic rings. The molecule has 0 bridgehead atoms. The van der Waals surface area contributed by atoms with Crippen molar-refractivity contribution in [3.8, 4) is 0 Å². The number of carbonyl (C=O) groups is 2. The van der Waals surface area contributed by atoms with Gasteiger partial charge in [0.1, 0.15) is 0 Å². The molecule has 0 saturated heterocycles. The second-order valence-corrected chi connectivity index (χ2v) is 6.63. The van der Waals surface area contributed by atoms with Gasteiger partial charge in [-0.3, -0.25) is 4.98 Å². The average molecular weight is 369 g/mol. The molecule has 22 heavy (non-hydrogen) atoms. The van der Waals surface area contributed by atoms with Gasteiger partial charge in [0.05, 0.1) is 35.7 Å². The predicted octanol–water partition coefficient (Wildman–Crippen LogP) is 3.88. The van der Waals surface area contributed by atoms with Crippen molar-refractivity contribution in [2.24, 2.45) is 0 Å². The van der Waals surface area contributed by atoms with Gasteiger partial charge < -0.3 is 9.47 Å². The summed E-state index contributed by atoms with van der Waals surface area (Å²) in [5.41, 5.74) is 0.487. The molecular formula is C14H16Cl3NO4. The third kappa shape index (κ3) is 4.03. The molecule has 0 atom stereocenters. The number of halogens is 3. The largest absolute Gasteiger partial charge is 0.462 e. The normalized spacial score (nSPS) is 11.2. The van der Waals surface area contributed by atoms with Crippen molar-refractivity contribution in [3.63, 3.8) is 0 Å². The lowest BCUT2D eigenvalue weighted by Crippen LogP contribution is -2.23. The Labute approximate surface area is 143 Å². The average Bonchev–Trinajstić information content (AvgIpc) is 2.36. The predicted molar refractivity (Wildman–Crippen MR) is 84.9 cm³/mol. The van der Waals surface area contributed by atoms with Crippen molar-refractivity contribution in [3.05, 3.63) is 28.1 Å². The number of ether oxygens (including phenoxy) is 2. The number of hydrogen-bond acceptors (Lipinski definition) is 5. The fourth-order valence-electron chi connectivity index (χ4n) is 2.04. The van der Waals surface area contributed by atoms with Crippen LogP contribution in [0.15, 0.2) is 0 Å². The maximum Gasteiger partial charge on any atom is 0.340 e. The molecule has 0 aliphatic heterocycles. The molecule has 1 rings (SSSR count). The number of alkyl halides is 3. The molecular weight excluding hydrogens is 353 g/mol. The second kappa shape index (κ2) is 7.49. The Hall–Kier alpha value is -1.04. The van der Waals surface area contributed by atoms with Crippen LogP contribution in [-0.4, -0.2) is 30.1 Å². The van der Waals surface area contributed by atoms with Crippen LogP contribution in [0.5, 0.6) is 0 Å². The van der Waals surface area contributed by atoms with E-state index in [1.54, 1.807) is 27.7 Å². The summed E-state index contributed by atoms with van der Waals surface area (Å²) in [5, 5.41) is 0. The van der Waals surface area contributed by atoms with Crippen molar-refractivity contribution in [2.45, 2.75) is 31.5 Å². The fourth-order valence-corrected chi connectivity index (χ4v) is 2.61. The first kappa shape index (κ1) is 19.0. The van der Waals surface area contributed by atoms with Crippen LogP contribution in [0.2, 0.25) is 0 Å². The van der Waals surface area contributed by atoms with E-state index in [4.69, 9.17) is 44.3 Å². The van der Waals surface area contributed by atoms with Gasteiger partial charge in [0, 0.05) is 5.56 Å². The van der Waals surface area contributed by atoms with E-state index >= 15 is 0 Å². The van der Waals surface area contributed by atoms with Crippen LogP contribution >= 0.6 is 34.8 Å². The van der Waals surface area contributed by atoms with Crippen molar-refractivity contribution >= 4 is 46.7 Å². The van der Waals surface area contributed by atoms with E-state index in [1.165, 1.54) is 0 Å². The van der Waals surface area contributed by atoms with Crippen LogP contribution in [-0.2, 0) is 13.3 Å². The first-order chi connectivity index (χ1) is 10.1. The van der Waals surface area contributed by atoms with E-state index in [0.717, 1.165) is 0 Å². The number of aryl methyl sites for hydroxylation is 2. The summed E-state index contributed by atoms with van der Waals surface area (Å²) in [4.78, 5) is 28.6. The lowest BCUT2D eigenvalue weighted by atomic mass is 9.99. The summed E-state index contributed by atoms with van der Waals surface area (Å²) in [7, 11) is 0. The van der Waals surface area contributed by atoms with Gasteiger partial charge in [-0.25, -0.2) is 9.59 Å². The Morgan fingerprint density at radius 2 is 1.32 bits per heavy atom. The van der Waals surface area contributed by atoms with E-state index in [9.17, 15) is 9.59 Å². The number of hydrogen-bond donors (Lipinski definition) is 0. The molecule has 0 aliphatic rings. The topological polar surface area (TPSA) is 65.5 Å². The van der Waals surface area contributed by atoms with Crippen molar-refractivity contribution < 1.29 is 19.1 Å². The minimum atomic E-state index is -2.01. The molecule has 0 aromatic carbocycles. The van der Waals surface area contributed by atoms with Gasteiger partial charge in [0.25, 0.3) is 0 Å². The summed E-state index contributed by atoms with van der Waals surface area (Å²) >= 11 is 18.0. The SMILES string of the molecule is CCOC(=O)c1c(C)nc(C)c(C(=O)OCC)c1C(Cl)(Cl)Cl. The Kier molecular flexibility index (Phi) is 6.47. The minimum Gasteiger partial charge on any atom is -0.462 e. The molecule has 122 valence electrons. The standard InChI is InChI=1S/C14H16Cl3NO4/c1-5-21-12(19)9-7(3)18-8(4)10(13(20)22-6-2)11(9)14(15,16)17/h5-6H2,1-4H3. The van der Waals surface area contributed by atoms with Crippen LogP contribution in [0.4, 0.5) is 0 Å². The molecule has 8 heteroatoms. The van der Waals surface area contributed by atoms with Crippen molar-refractivity contribution in [1.82, 2.24) is 4.98 Å². The maximum absolute atomic E-state index is 12.2. The zero-order valence-corrected chi connectivity index (χ0v) is 14.9. The van der Waals surface area contributed by atoms with Gasteiger partial charge in [0.15, 0.2) is 0 Å². The highest BCUT2D eigenvalue weighted by molar-refractivity contribution is 6.67. The lowest BCUT2D eigenvalue weighted by Gasteiger charge is -2.21. The first-order valence-electron chi connectivity index (χ1n) is 6.57. The summed E-state index contributed by atoms with van der Waals surface area (Å²) in [5.74, 6) is -1.42. The molecule has 0 amide bonds. The summed E-state index contributed by atoms with van der Waals surface area (Å²) in [6.07, 6.45) is 0. The van der Waals surface area contributed by atoms with Crippen LogP contribution in [0.1, 0.15) is 51.5 Å². The smallest absolute Gasteiger partial charge is 0.340 e. The molecule has 0 fully saturated rings. The zero-order valence-electron chi connectivity index (χ0n) is 12.6. The molecule has 0 unspecified atom stereocenters. The van der Waals surface area contributed by atoms with Crippen LogP contribution in [0.25, 0.3) is 0 Å². The highest BCUT2D eigenvalue weighted by Gasteiger charge is 2.37. The van der Waals surface area contributed by atoms with Gasteiger partial charge in [-0.15, -0.1) is 0 Å². The monoisotopic (exact) mass is 367 g/mol. The van der Waals surface area contributed by atoms with Crippen molar-refractivity contribution in [2.75, 3.05) is 13.2 Å². The fraction of sp³-hybridized carbons (Fsp3) is 0.500. The Morgan fingerprint density at radius 1 is 0.955 bits per heavy atom. The number of esters is 2. The second-order valence-electron chi connectivity index (χ2n) is 4.35. The highest BCUT2D eigenvalue weighted by atomic mass is 35.6. The van der Waals surface area contributed by atoms with Crippen molar-refractivity contribution in [1.29, 1.82) is 0 Å². The van der Waals surface area contributed by atoms with E-state index < -0.39 is 15.7 Å². The van der Waals surface area contributed by atoms with Gasteiger partial charge in [-0.05, 0) is 27.7 Å². The summed E-state index contributed by atoms with van der Waals surface area (Å²) in [6, 6.07) is 0. The Balaban J connectivity index is 3.73. The number of rotatable bonds is 4. The van der Waals surface area contributed by atoms with Crippen LogP contribution in [0, 0.1) is 13.8 Å². The van der Waals surface area contributed by atoms with E-state index in [2.05, 4.69) is 4.98 Å². The maximum atomic E-state index is 12.2. The Morgan fingerprint density at radius 3 is 1.59 bits per heavy atom. The van der Waals surface area contributed by atoms with E-state index in [0.29, 0.717) is 11.4 Å². The van der Waals surface area contributed by atoms with E-state index in [1.807, 2.05) is 0 Å². The third-order valence-electron chi connectivity index (χ3n) is 2.80. The molecule has 1 aromatic heterocycles. The zero-order chi connectivity index (χ0) is 17.1. The minimum absolute atomic E-state index is 0.0319. The molecule has 0 saturated carbocycles. The number of pyridine rings is 1. The molecule has 0 aliphatic carbocycles. The lowest BCUT2D eigenvalue weighted by molar-refractivity contribution is 0.0520. The van der Waals surface area contributed by atoms with Gasteiger partial charge in [-0.2, -0.15) is 0 Å². The quantitative estimate of drug-likeness (QED) is 0.596. The summed E-state index contributed by atoms with van der Waals surface area (Å²) in [6.45, 7) is 6.73. The molecule has 5 nitrogen and oxygen atoms in total. The number of aromatic nitrogens is 1. The van der Waals surface area contributed by atoms with E-state index in [-0.39, 0.29) is 29.9 Å². The van der Waals surface area contributed by atoms with Gasteiger partial charge in [0.2, 0.25) is 3.79 Å². The van der Waals surface area contributed by atoms with Crippen LogP contribution in [0.3, 0.4) is 0 Å². The third-order valence-corrected chi connectivity index (χ3v) is 3.37. The summed E-state index contributed by atoms with van der Waals surface area (Å²) < 4.78 is 7.93. The first-order valence-corrected chi connectivity index (χ1v) is 7.71. The van der Waals surface area contributed by atoms with Gasteiger partial charge >= 0.3 is 11.9 Å². The molecule has 0 N–H and O–H groups in total. The highest BCUT2D eigenvalue weighted by Crippen LogP contribution is 2.43. The molecule has 1 heterocycles. The van der Waals surface area contributed by atoms with Gasteiger partial charge in [-0.1, -0.05) is 34.8 Å². The number of carbonyl (C=O) groups excluding carboxylic acids is 2.